The van der Waals surface area contributed by atoms with E-state index in [-0.39, 0.29) is 23.8 Å². The predicted molar refractivity (Wildman–Crippen MR) is 116 cm³/mol. The summed E-state index contributed by atoms with van der Waals surface area (Å²) >= 11 is 0. The zero-order valence-electron chi connectivity index (χ0n) is 17.2. The minimum atomic E-state index is -0.737. The lowest BCUT2D eigenvalue weighted by Gasteiger charge is -2.14. The van der Waals surface area contributed by atoms with Crippen molar-refractivity contribution in [2.24, 2.45) is 5.73 Å². The number of primary amides is 1. The van der Waals surface area contributed by atoms with Crippen LogP contribution in [0, 0.1) is 0 Å². The second-order valence-corrected chi connectivity index (χ2v) is 6.58. The van der Waals surface area contributed by atoms with Gasteiger partial charge in [0.2, 0.25) is 5.91 Å². The molecule has 9 nitrogen and oxygen atoms in total. The third-order valence-electron chi connectivity index (χ3n) is 4.16. The summed E-state index contributed by atoms with van der Waals surface area (Å²) in [5, 5.41) is 25.1. The van der Waals surface area contributed by atoms with E-state index < -0.39 is 12.0 Å². The maximum absolute atomic E-state index is 11.2. The predicted octanol–water partition coefficient (Wildman–Crippen LogP) is 0.659. The fourth-order valence-electron chi connectivity index (χ4n) is 2.49. The van der Waals surface area contributed by atoms with Gasteiger partial charge in [0, 0.05) is 26.2 Å². The van der Waals surface area contributed by atoms with E-state index >= 15 is 0 Å². The molecule has 0 bridgehead atoms. The molecule has 0 aromatic heterocycles. The Bertz CT molecular complexity index is 899. The zero-order chi connectivity index (χ0) is 22.6. The monoisotopic (exact) mass is 429 g/mol. The molecule has 9 heteroatoms. The van der Waals surface area contributed by atoms with Crippen molar-refractivity contribution in [1.82, 2.24) is 10.6 Å². The van der Waals surface area contributed by atoms with E-state index in [0.29, 0.717) is 31.2 Å². The fourth-order valence-corrected chi connectivity index (χ4v) is 2.49. The number of likely N-dealkylation sites (N-methyl/N-ethyl adjacent to an activating group) is 1. The van der Waals surface area contributed by atoms with Crippen LogP contribution < -0.4 is 25.8 Å². The van der Waals surface area contributed by atoms with E-state index in [9.17, 15) is 19.8 Å². The van der Waals surface area contributed by atoms with Gasteiger partial charge < -0.3 is 36.1 Å². The number of aliphatic hydroxyl groups excluding tert-OH is 1. The average Bonchev–Trinajstić information content (AvgIpc) is 2.77. The fraction of sp³-hybridized carbons (Fsp3) is 0.273. The Morgan fingerprint density at radius 2 is 1.84 bits per heavy atom. The lowest BCUT2D eigenvalue weighted by Crippen LogP contribution is -2.33. The Kier molecular flexibility index (Phi) is 9.34. The second-order valence-electron chi connectivity index (χ2n) is 6.58. The van der Waals surface area contributed by atoms with Crippen LogP contribution in [0.15, 0.2) is 48.5 Å². The minimum Gasteiger partial charge on any atom is -0.507 e. The van der Waals surface area contributed by atoms with Crippen LogP contribution in [0.4, 0.5) is 0 Å². The average molecular weight is 429 g/mol. The number of aliphatic hydroxyl groups is 1. The van der Waals surface area contributed by atoms with Gasteiger partial charge in [-0.05, 0) is 42.0 Å². The normalized spacial score (nSPS) is 11.8. The first kappa shape index (κ1) is 23.7. The zero-order valence-corrected chi connectivity index (χ0v) is 17.2. The third-order valence-corrected chi connectivity index (χ3v) is 4.16. The Morgan fingerprint density at radius 3 is 2.52 bits per heavy atom. The highest BCUT2D eigenvalue weighted by atomic mass is 16.5. The lowest BCUT2D eigenvalue weighted by atomic mass is 10.2. The van der Waals surface area contributed by atoms with Gasteiger partial charge in [0.05, 0.1) is 5.56 Å². The van der Waals surface area contributed by atoms with Crippen LogP contribution in [-0.2, 0) is 4.79 Å². The van der Waals surface area contributed by atoms with Crippen molar-refractivity contribution in [1.29, 1.82) is 0 Å². The van der Waals surface area contributed by atoms with Gasteiger partial charge in [-0.25, -0.2) is 0 Å². The summed E-state index contributed by atoms with van der Waals surface area (Å²) in [4.78, 5) is 22.4. The number of benzene rings is 2. The summed E-state index contributed by atoms with van der Waals surface area (Å²) in [5.74, 6) is -0.0990. The molecular weight excluding hydrogens is 402 g/mol. The number of carbonyl (C=O) groups excluding carboxylic acids is 2. The molecule has 6 N–H and O–H groups in total. The van der Waals surface area contributed by atoms with E-state index in [1.165, 1.54) is 24.3 Å². The molecule has 0 radical (unpaired) electrons. The molecule has 0 aliphatic carbocycles. The first-order valence-corrected chi connectivity index (χ1v) is 9.66. The second kappa shape index (κ2) is 12.2. The molecule has 0 saturated carbocycles. The summed E-state index contributed by atoms with van der Waals surface area (Å²) in [5.41, 5.74) is 6.03. The Labute approximate surface area is 180 Å². The van der Waals surface area contributed by atoms with Gasteiger partial charge in [0.1, 0.15) is 36.6 Å². The van der Waals surface area contributed by atoms with Crippen molar-refractivity contribution in [3.8, 4) is 17.2 Å². The highest BCUT2D eigenvalue weighted by Crippen LogP contribution is 2.22. The first-order chi connectivity index (χ1) is 14.9. The highest BCUT2D eigenvalue weighted by molar-refractivity contribution is 5.95. The number of hydrogen-bond donors (Lipinski definition) is 5. The minimum absolute atomic E-state index is 0.00598. The van der Waals surface area contributed by atoms with Gasteiger partial charge in [0.15, 0.2) is 0 Å². The van der Waals surface area contributed by atoms with E-state index in [4.69, 9.17) is 15.2 Å². The number of amides is 2. The molecule has 0 saturated heterocycles. The standard InChI is InChI=1S/C22H27N3O6/c1-24-21(28)9-4-15-2-5-17(6-3-15)31-14-16(26)13-25-10-11-30-18-7-8-20(27)19(12-18)22(23)29/h2-9,12,16,25-27H,10-11,13-14H2,1H3,(H2,23,29)(H,24,28)/b9-4+. The molecule has 0 aliphatic heterocycles. The van der Waals surface area contributed by atoms with Crippen molar-refractivity contribution in [2.45, 2.75) is 6.10 Å². The first-order valence-electron chi connectivity index (χ1n) is 9.66. The van der Waals surface area contributed by atoms with Gasteiger partial charge in [-0.1, -0.05) is 12.1 Å². The number of phenols is 1. The maximum atomic E-state index is 11.2. The van der Waals surface area contributed by atoms with Crippen LogP contribution in [-0.4, -0.2) is 61.5 Å². The third kappa shape index (κ3) is 8.37. The lowest BCUT2D eigenvalue weighted by molar-refractivity contribution is -0.115. The Morgan fingerprint density at radius 1 is 1.13 bits per heavy atom. The summed E-state index contributed by atoms with van der Waals surface area (Å²) in [6, 6.07) is 11.4. The molecule has 2 aromatic rings. The Balaban J connectivity index is 1.64. The number of ether oxygens (including phenoxy) is 2. The SMILES string of the molecule is CNC(=O)/C=C/c1ccc(OCC(O)CNCCOc2ccc(O)c(C(N)=O)c2)cc1. The van der Waals surface area contributed by atoms with Gasteiger partial charge in [0.25, 0.3) is 5.91 Å². The topological polar surface area (TPSA) is 143 Å². The molecule has 0 fully saturated rings. The summed E-state index contributed by atoms with van der Waals surface area (Å²) in [6.07, 6.45) is 2.41. The van der Waals surface area contributed by atoms with Crippen LogP contribution >= 0.6 is 0 Å². The molecule has 0 spiro atoms. The molecule has 0 aliphatic rings. The molecule has 1 atom stereocenters. The van der Waals surface area contributed by atoms with E-state index in [2.05, 4.69) is 10.6 Å². The van der Waals surface area contributed by atoms with Crippen LogP contribution in [0.3, 0.4) is 0 Å². The molecule has 2 amide bonds. The molecule has 0 heterocycles. The molecule has 166 valence electrons. The molecule has 2 rings (SSSR count). The number of rotatable bonds is 12. The number of nitrogens with two attached hydrogens (primary N) is 1. The molecule has 31 heavy (non-hydrogen) atoms. The molecule has 1 unspecified atom stereocenters. The van der Waals surface area contributed by atoms with Crippen LogP contribution in [0.25, 0.3) is 6.08 Å². The summed E-state index contributed by atoms with van der Waals surface area (Å²) in [6.45, 7) is 1.16. The van der Waals surface area contributed by atoms with Crippen molar-refractivity contribution < 1.29 is 29.3 Å². The summed E-state index contributed by atoms with van der Waals surface area (Å²) < 4.78 is 11.0. The molecular formula is C22H27N3O6. The van der Waals surface area contributed by atoms with Gasteiger partial charge in [-0.15, -0.1) is 0 Å². The van der Waals surface area contributed by atoms with E-state index in [1.54, 1.807) is 25.3 Å². The number of nitrogens with one attached hydrogen (secondary N) is 2. The number of aromatic hydroxyl groups is 1. The quantitative estimate of drug-likeness (QED) is 0.246. The highest BCUT2D eigenvalue weighted by Gasteiger charge is 2.09. The van der Waals surface area contributed by atoms with Crippen molar-refractivity contribution in [2.75, 3.05) is 33.4 Å². The number of carbonyl (C=O) groups is 2. The summed E-state index contributed by atoms with van der Waals surface area (Å²) in [7, 11) is 1.56. The van der Waals surface area contributed by atoms with Gasteiger partial charge in [-0.2, -0.15) is 0 Å². The Hall–Kier alpha value is -3.56. The largest absolute Gasteiger partial charge is 0.507 e. The van der Waals surface area contributed by atoms with Crippen LogP contribution in [0.2, 0.25) is 0 Å². The van der Waals surface area contributed by atoms with Gasteiger partial charge in [-0.3, -0.25) is 9.59 Å². The smallest absolute Gasteiger partial charge is 0.252 e. The van der Waals surface area contributed by atoms with Crippen LogP contribution in [0.1, 0.15) is 15.9 Å². The van der Waals surface area contributed by atoms with E-state index in [0.717, 1.165) is 5.56 Å². The van der Waals surface area contributed by atoms with Crippen molar-refractivity contribution >= 4 is 17.9 Å². The van der Waals surface area contributed by atoms with E-state index in [1.807, 2.05) is 12.1 Å². The van der Waals surface area contributed by atoms with Crippen molar-refractivity contribution in [3.05, 3.63) is 59.7 Å². The van der Waals surface area contributed by atoms with Crippen LogP contribution in [0.5, 0.6) is 17.2 Å². The molecule has 2 aromatic carbocycles. The maximum Gasteiger partial charge on any atom is 0.252 e. The van der Waals surface area contributed by atoms with Crippen molar-refractivity contribution in [3.63, 3.8) is 0 Å². The van der Waals surface area contributed by atoms with Gasteiger partial charge >= 0.3 is 0 Å². The number of hydrogen-bond acceptors (Lipinski definition) is 7.